The Bertz CT molecular complexity index is 348. The molecule has 0 radical (unpaired) electrons. The predicted molar refractivity (Wildman–Crippen MR) is 79.3 cm³/mol. The number of hydrogen-bond donors (Lipinski definition) is 3. The fourth-order valence-corrected chi connectivity index (χ4v) is 2.11. The standard InChI is InChI=1S/C16H27NO2/c1-4-15(9-10-18)17-11-16(19)14-7-5-13(6-8-14)12(2)3/h5-8,12,15-19H,4,9-11H2,1-3H3. The monoisotopic (exact) mass is 265 g/mol. The summed E-state index contributed by atoms with van der Waals surface area (Å²) < 4.78 is 0. The second-order valence-corrected chi connectivity index (χ2v) is 5.36. The number of nitrogens with one attached hydrogen (secondary N) is 1. The van der Waals surface area contributed by atoms with Gasteiger partial charge in [0.2, 0.25) is 0 Å². The van der Waals surface area contributed by atoms with Crippen LogP contribution in [-0.2, 0) is 0 Å². The van der Waals surface area contributed by atoms with Crippen molar-refractivity contribution in [2.45, 2.75) is 51.7 Å². The molecule has 3 N–H and O–H groups in total. The fraction of sp³-hybridized carbons (Fsp3) is 0.625. The van der Waals surface area contributed by atoms with Crippen LogP contribution >= 0.6 is 0 Å². The van der Waals surface area contributed by atoms with Crippen molar-refractivity contribution in [1.82, 2.24) is 5.32 Å². The van der Waals surface area contributed by atoms with Crippen molar-refractivity contribution in [3.8, 4) is 0 Å². The Morgan fingerprint density at radius 2 is 1.68 bits per heavy atom. The molecule has 0 aliphatic rings. The van der Waals surface area contributed by atoms with E-state index in [1.165, 1.54) is 5.56 Å². The van der Waals surface area contributed by atoms with Crippen molar-refractivity contribution in [2.24, 2.45) is 0 Å². The maximum absolute atomic E-state index is 10.1. The molecule has 2 atom stereocenters. The molecule has 0 aliphatic carbocycles. The molecule has 0 aliphatic heterocycles. The summed E-state index contributed by atoms with van der Waals surface area (Å²) in [5.41, 5.74) is 2.23. The van der Waals surface area contributed by atoms with Crippen LogP contribution in [0.25, 0.3) is 0 Å². The summed E-state index contributed by atoms with van der Waals surface area (Å²) in [5, 5.41) is 22.4. The van der Waals surface area contributed by atoms with Crippen molar-refractivity contribution in [2.75, 3.05) is 13.2 Å². The van der Waals surface area contributed by atoms with Crippen LogP contribution in [0.3, 0.4) is 0 Å². The Labute approximate surface area is 116 Å². The van der Waals surface area contributed by atoms with Crippen LogP contribution in [0.5, 0.6) is 0 Å². The number of rotatable bonds is 8. The van der Waals surface area contributed by atoms with Crippen LogP contribution in [0.15, 0.2) is 24.3 Å². The first-order valence-electron chi connectivity index (χ1n) is 7.20. The van der Waals surface area contributed by atoms with Gasteiger partial charge in [0.15, 0.2) is 0 Å². The highest BCUT2D eigenvalue weighted by Crippen LogP contribution is 2.18. The maximum atomic E-state index is 10.1. The highest BCUT2D eigenvalue weighted by molar-refractivity contribution is 5.26. The molecule has 1 rings (SSSR count). The molecule has 3 nitrogen and oxygen atoms in total. The van der Waals surface area contributed by atoms with Crippen molar-refractivity contribution >= 4 is 0 Å². The Morgan fingerprint density at radius 3 is 2.16 bits per heavy atom. The van der Waals surface area contributed by atoms with Crippen molar-refractivity contribution < 1.29 is 10.2 Å². The third-order valence-electron chi connectivity index (χ3n) is 3.56. The van der Waals surface area contributed by atoms with Crippen LogP contribution in [0.2, 0.25) is 0 Å². The average Bonchev–Trinajstić information content (AvgIpc) is 2.43. The highest BCUT2D eigenvalue weighted by atomic mass is 16.3. The summed E-state index contributed by atoms with van der Waals surface area (Å²) in [6.45, 7) is 7.11. The van der Waals surface area contributed by atoms with Gasteiger partial charge in [-0.2, -0.15) is 0 Å². The Balaban J connectivity index is 2.50. The van der Waals surface area contributed by atoms with Gasteiger partial charge in [-0.05, 0) is 29.9 Å². The van der Waals surface area contributed by atoms with E-state index in [0.717, 1.165) is 18.4 Å². The van der Waals surface area contributed by atoms with Gasteiger partial charge >= 0.3 is 0 Å². The molecular weight excluding hydrogens is 238 g/mol. The Hall–Kier alpha value is -0.900. The van der Waals surface area contributed by atoms with Crippen LogP contribution < -0.4 is 5.32 Å². The van der Waals surface area contributed by atoms with E-state index in [-0.39, 0.29) is 12.6 Å². The molecule has 0 bridgehead atoms. The molecule has 2 unspecified atom stereocenters. The molecule has 0 heterocycles. The largest absolute Gasteiger partial charge is 0.396 e. The van der Waals surface area contributed by atoms with Crippen molar-refractivity contribution in [1.29, 1.82) is 0 Å². The molecule has 1 aromatic carbocycles. The summed E-state index contributed by atoms with van der Waals surface area (Å²) in [7, 11) is 0. The van der Waals surface area contributed by atoms with Gasteiger partial charge in [-0.1, -0.05) is 45.0 Å². The molecule has 0 spiro atoms. The zero-order valence-corrected chi connectivity index (χ0v) is 12.3. The van der Waals surface area contributed by atoms with Gasteiger partial charge in [-0.15, -0.1) is 0 Å². The van der Waals surface area contributed by atoms with E-state index in [1.807, 2.05) is 12.1 Å². The van der Waals surface area contributed by atoms with Gasteiger partial charge in [0, 0.05) is 19.2 Å². The predicted octanol–water partition coefficient (Wildman–Crippen LogP) is 2.59. The van der Waals surface area contributed by atoms with Crippen molar-refractivity contribution in [3.05, 3.63) is 35.4 Å². The SMILES string of the molecule is CCC(CCO)NCC(O)c1ccc(C(C)C)cc1. The van der Waals surface area contributed by atoms with Crippen LogP contribution in [0.1, 0.15) is 56.8 Å². The third kappa shape index (κ3) is 5.31. The van der Waals surface area contributed by atoms with E-state index in [9.17, 15) is 5.11 Å². The minimum Gasteiger partial charge on any atom is -0.396 e. The highest BCUT2D eigenvalue weighted by Gasteiger charge is 2.11. The minimum absolute atomic E-state index is 0.185. The van der Waals surface area contributed by atoms with E-state index in [2.05, 4.69) is 38.2 Å². The van der Waals surface area contributed by atoms with E-state index in [0.29, 0.717) is 12.5 Å². The quantitative estimate of drug-likeness (QED) is 0.677. The van der Waals surface area contributed by atoms with Crippen molar-refractivity contribution in [3.63, 3.8) is 0 Å². The number of hydrogen-bond acceptors (Lipinski definition) is 3. The lowest BCUT2D eigenvalue weighted by molar-refractivity contribution is 0.164. The summed E-state index contributed by atoms with van der Waals surface area (Å²) in [6.07, 6.45) is 1.20. The maximum Gasteiger partial charge on any atom is 0.0914 e. The van der Waals surface area contributed by atoms with Gasteiger partial charge in [-0.3, -0.25) is 0 Å². The molecular formula is C16H27NO2. The molecule has 108 valence electrons. The smallest absolute Gasteiger partial charge is 0.0914 e. The topological polar surface area (TPSA) is 52.5 Å². The average molecular weight is 265 g/mol. The molecule has 0 saturated heterocycles. The number of benzene rings is 1. The summed E-state index contributed by atoms with van der Waals surface area (Å²) in [6, 6.07) is 8.42. The second kappa shape index (κ2) is 8.31. The van der Waals surface area contributed by atoms with Crippen LogP contribution in [0, 0.1) is 0 Å². The van der Waals surface area contributed by atoms with E-state index in [4.69, 9.17) is 5.11 Å². The fourth-order valence-electron chi connectivity index (χ4n) is 2.11. The third-order valence-corrected chi connectivity index (χ3v) is 3.56. The Morgan fingerprint density at radius 1 is 1.11 bits per heavy atom. The van der Waals surface area contributed by atoms with Gasteiger partial charge in [-0.25, -0.2) is 0 Å². The lowest BCUT2D eigenvalue weighted by Gasteiger charge is -2.19. The number of aliphatic hydroxyl groups is 2. The summed E-state index contributed by atoms with van der Waals surface area (Å²) in [5.74, 6) is 0.512. The normalized spacial score (nSPS) is 14.6. The molecule has 19 heavy (non-hydrogen) atoms. The molecule has 0 fully saturated rings. The minimum atomic E-state index is -0.492. The van der Waals surface area contributed by atoms with Gasteiger partial charge in [0.25, 0.3) is 0 Å². The summed E-state index contributed by atoms with van der Waals surface area (Å²) in [4.78, 5) is 0. The molecule has 0 saturated carbocycles. The first-order valence-corrected chi connectivity index (χ1v) is 7.20. The Kier molecular flexibility index (Phi) is 7.06. The van der Waals surface area contributed by atoms with E-state index < -0.39 is 6.10 Å². The second-order valence-electron chi connectivity index (χ2n) is 5.36. The first kappa shape index (κ1) is 16.2. The van der Waals surface area contributed by atoms with Gasteiger partial charge in [0.05, 0.1) is 6.10 Å². The number of aliphatic hydroxyl groups excluding tert-OH is 2. The lowest BCUT2D eigenvalue weighted by Crippen LogP contribution is -2.33. The molecule has 0 amide bonds. The molecule has 0 aromatic heterocycles. The van der Waals surface area contributed by atoms with Crippen LogP contribution in [-0.4, -0.2) is 29.4 Å². The molecule has 3 heteroatoms. The first-order chi connectivity index (χ1) is 9.08. The van der Waals surface area contributed by atoms with E-state index >= 15 is 0 Å². The molecule has 1 aromatic rings. The zero-order chi connectivity index (χ0) is 14.3. The van der Waals surface area contributed by atoms with Gasteiger partial charge < -0.3 is 15.5 Å². The van der Waals surface area contributed by atoms with Gasteiger partial charge in [0.1, 0.15) is 0 Å². The lowest BCUT2D eigenvalue weighted by atomic mass is 10.00. The van der Waals surface area contributed by atoms with E-state index in [1.54, 1.807) is 0 Å². The summed E-state index contributed by atoms with van der Waals surface area (Å²) >= 11 is 0. The zero-order valence-electron chi connectivity index (χ0n) is 12.3. The van der Waals surface area contributed by atoms with Crippen LogP contribution in [0.4, 0.5) is 0 Å².